The Morgan fingerprint density at radius 2 is 2.40 bits per heavy atom. The highest BCUT2D eigenvalue weighted by atomic mass is 79.9. The molecule has 1 aromatic carbocycles. The molecule has 0 aliphatic carbocycles. The molecular weight excluding hydrogens is 252 g/mol. The van der Waals surface area contributed by atoms with Crippen LogP contribution in [0.25, 0.3) is 0 Å². The van der Waals surface area contributed by atoms with Crippen molar-refractivity contribution in [1.29, 1.82) is 0 Å². The average molecular weight is 267 g/mol. The molecule has 0 bridgehead atoms. The number of rotatable bonds is 2. The summed E-state index contributed by atoms with van der Waals surface area (Å²) < 4.78 is 1.12. The van der Waals surface area contributed by atoms with Gasteiger partial charge in [-0.2, -0.15) is 0 Å². The molecule has 1 aliphatic heterocycles. The van der Waals surface area contributed by atoms with E-state index in [0.29, 0.717) is 12.1 Å². The van der Waals surface area contributed by atoms with E-state index in [-0.39, 0.29) is 0 Å². The molecule has 0 aromatic heterocycles. The minimum absolute atomic E-state index is 0.367. The average Bonchev–Trinajstić information content (AvgIpc) is 2.19. The predicted molar refractivity (Wildman–Crippen MR) is 67.9 cm³/mol. The fourth-order valence-corrected chi connectivity index (χ4v) is 2.44. The highest BCUT2D eigenvalue weighted by Crippen LogP contribution is 2.34. The first-order valence-electron chi connectivity index (χ1n) is 5.13. The molecule has 0 saturated heterocycles. The molecule has 15 heavy (non-hydrogen) atoms. The van der Waals surface area contributed by atoms with Crippen molar-refractivity contribution in [3.05, 3.63) is 41.0 Å². The van der Waals surface area contributed by atoms with Crippen molar-refractivity contribution >= 4 is 21.6 Å². The van der Waals surface area contributed by atoms with Crippen LogP contribution in [0.2, 0.25) is 0 Å². The maximum Gasteiger partial charge on any atom is 0.0548 e. The van der Waals surface area contributed by atoms with E-state index in [2.05, 4.69) is 58.3 Å². The Hall–Kier alpha value is -0.960. The Morgan fingerprint density at radius 1 is 1.60 bits per heavy atom. The van der Waals surface area contributed by atoms with Crippen molar-refractivity contribution < 1.29 is 0 Å². The molecule has 0 fully saturated rings. The number of anilines is 1. The molecule has 1 aromatic rings. The van der Waals surface area contributed by atoms with E-state index in [0.717, 1.165) is 10.9 Å². The maximum atomic E-state index is 3.73. The van der Waals surface area contributed by atoms with Gasteiger partial charge in [-0.25, -0.2) is 0 Å². The van der Waals surface area contributed by atoms with Crippen molar-refractivity contribution in [2.75, 3.05) is 5.32 Å². The lowest BCUT2D eigenvalue weighted by atomic mass is 9.94. The summed E-state index contributed by atoms with van der Waals surface area (Å²) in [5.74, 6) is 0. The zero-order chi connectivity index (χ0) is 10.8. The quantitative estimate of drug-likeness (QED) is 0.857. The van der Waals surface area contributed by atoms with Crippen molar-refractivity contribution in [3.8, 4) is 0 Å². The molecule has 2 atom stereocenters. The summed E-state index contributed by atoms with van der Waals surface area (Å²) in [6, 6.07) is 7.21. The van der Waals surface area contributed by atoms with Crippen LogP contribution in [-0.4, -0.2) is 6.04 Å². The molecule has 1 heterocycles. The molecule has 2 N–H and O–H groups in total. The zero-order valence-corrected chi connectivity index (χ0v) is 10.3. The fourth-order valence-electron chi connectivity index (χ4n) is 2.06. The summed E-state index contributed by atoms with van der Waals surface area (Å²) in [6.45, 7) is 5.93. The van der Waals surface area contributed by atoms with Gasteiger partial charge in [-0.1, -0.05) is 22.5 Å². The van der Waals surface area contributed by atoms with Crippen LogP contribution in [-0.2, 0) is 0 Å². The molecular formula is C12H15BrN2. The molecule has 0 radical (unpaired) electrons. The zero-order valence-electron chi connectivity index (χ0n) is 8.76. The summed E-state index contributed by atoms with van der Waals surface area (Å²) >= 11 is 3.50. The first kappa shape index (κ1) is 10.6. The highest BCUT2D eigenvalue weighted by Gasteiger charge is 2.22. The van der Waals surface area contributed by atoms with Gasteiger partial charge in [-0.3, -0.25) is 0 Å². The number of fused-ring (bicyclic) bond motifs is 1. The second-order valence-electron chi connectivity index (χ2n) is 3.94. The van der Waals surface area contributed by atoms with Gasteiger partial charge in [0.25, 0.3) is 0 Å². The Kier molecular flexibility index (Phi) is 3.00. The number of hydrogen-bond donors (Lipinski definition) is 2. The van der Waals surface area contributed by atoms with E-state index in [9.17, 15) is 0 Å². The standard InChI is InChI=1S/C12H15BrN2/c1-3-14-12-6-8(2)15-11-5-4-9(13)7-10(11)12/h3-5,7-8,12,14-15H,1,6H2,2H3/t8-,12+/m0/s1. The van der Waals surface area contributed by atoms with Crippen LogP contribution in [0.1, 0.15) is 24.9 Å². The smallest absolute Gasteiger partial charge is 0.0548 e. The van der Waals surface area contributed by atoms with Gasteiger partial charge in [0.1, 0.15) is 0 Å². The van der Waals surface area contributed by atoms with Crippen LogP contribution >= 0.6 is 15.9 Å². The second-order valence-corrected chi connectivity index (χ2v) is 4.85. The minimum Gasteiger partial charge on any atom is -0.384 e. The van der Waals surface area contributed by atoms with Gasteiger partial charge in [0.2, 0.25) is 0 Å². The van der Waals surface area contributed by atoms with Gasteiger partial charge < -0.3 is 10.6 Å². The van der Waals surface area contributed by atoms with Gasteiger partial charge in [0, 0.05) is 16.2 Å². The van der Waals surface area contributed by atoms with Crippen molar-refractivity contribution in [2.24, 2.45) is 0 Å². The van der Waals surface area contributed by atoms with Crippen LogP contribution in [0.5, 0.6) is 0 Å². The van der Waals surface area contributed by atoms with Gasteiger partial charge in [0.15, 0.2) is 0 Å². The lowest BCUT2D eigenvalue weighted by Crippen LogP contribution is -2.30. The normalized spacial score (nSPS) is 23.9. The molecule has 0 amide bonds. The van der Waals surface area contributed by atoms with E-state index in [1.807, 2.05) is 0 Å². The largest absolute Gasteiger partial charge is 0.384 e. The van der Waals surface area contributed by atoms with Crippen LogP contribution in [0.3, 0.4) is 0 Å². The Bertz CT molecular complexity index is 376. The van der Waals surface area contributed by atoms with Gasteiger partial charge >= 0.3 is 0 Å². The number of benzene rings is 1. The van der Waals surface area contributed by atoms with E-state index in [1.54, 1.807) is 6.20 Å². The van der Waals surface area contributed by atoms with Crippen molar-refractivity contribution in [1.82, 2.24) is 5.32 Å². The molecule has 1 aliphatic rings. The number of halogens is 1. The predicted octanol–water partition coefficient (Wildman–Crippen LogP) is 3.43. The summed E-state index contributed by atoms with van der Waals surface area (Å²) in [5, 5.41) is 6.78. The Morgan fingerprint density at radius 3 is 3.13 bits per heavy atom. The first-order chi connectivity index (χ1) is 7.20. The van der Waals surface area contributed by atoms with E-state index in [1.165, 1.54) is 11.3 Å². The monoisotopic (exact) mass is 266 g/mol. The Labute approximate surface area is 98.9 Å². The van der Waals surface area contributed by atoms with Crippen molar-refractivity contribution in [3.63, 3.8) is 0 Å². The third-order valence-electron chi connectivity index (χ3n) is 2.70. The van der Waals surface area contributed by atoms with E-state index >= 15 is 0 Å². The van der Waals surface area contributed by atoms with Gasteiger partial charge in [0.05, 0.1) is 6.04 Å². The van der Waals surface area contributed by atoms with E-state index in [4.69, 9.17) is 0 Å². The summed E-state index contributed by atoms with van der Waals surface area (Å²) in [5.41, 5.74) is 2.53. The SMILES string of the molecule is C=CN[C@@H]1C[C@H](C)Nc2ccc(Br)cc21. The third-order valence-corrected chi connectivity index (χ3v) is 3.19. The first-order valence-corrected chi connectivity index (χ1v) is 5.93. The molecule has 0 saturated carbocycles. The lowest BCUT2D eigenvalue weighted by Gasteiger charge is -2.31. The lowest BCUT2D eigenvalue weighted by molar-refractivity contribution is 0.514. The maximum absolute atomic E-state index is 3.73. The second kappa shape index (κ2) is 4.27. The molecule has 2 rings (SSSR count). The van der Waals surface area contributed by atoms with Gasteiger partial charge in [-0.05, 0) is 43.3 Å². The molecule has 0 unspecified atom stereocenters. The van der Waals surface area contributed by atoms with Gasteiger partial charge in [-0.15, -0.1) is 0 Å². The molecule has 0 spiro atoms. The highest BCUT2D eigenvalue weighted by molar-refractivity contribution is 9.10. The van der Waals surface area contributed by atoms with Crippen LogP contribution in [0, 0.1) is 0 Å². The molecule has 3 heteroatoms. The number of nitrogens with one attached hydrogen (secondary N) is 2. The van der Waals surface area contributed by atoms with Crippen LogP contribution in [0.15, 0.2) is 35.5 Å². The van der Waals surface area contributed by atoms with E-state index < -0.39 is 0 Å². The van der Waals surface area contributed by atoms with Crippen LogP contribution in [0.4, 0.5) is 5.69 Å². The van der Waals surface area contributed by atoms with Crippen LogP contribution < -0.4 is 10.6 Å². The summed E-state index contributed by atoms with van der Waals surface area (Å²) in [4.78, 5) is 0. The minimum atomic E-state index is 0.367. The fraction of sp³-hybridized carbons (Fsp3) is 0.333. The summed E-state index contributed by atoms with van der Waals surface area (Å²) in [6.07, 6.45) is 2.85. The van der Waals surface area contributed by atoms with Crippen molar-refractivity contribution in [2.45, 2.75) is 25.4 Å². The molecule has 2 nitrogen and oxygen atoms in total. The Balaban J connectivity index is 2.38. The third kappa shape index (κ3) is 2.17. The topological polar surface area (TPSA) is 24.1 Å². The summed E-state index contributed by atoms with van der Waals surface area (Å²) in [7, 11) is 0. The molecule has 80 valence electrons. The number of hydrogen-bond acceptors (Lipinski definition) is 2.